The molecule has 1 saturated heterocycles. The Balaban J connectivity index is 1.41. The molecule has 3 unspecified atom stereocenters. The Morgan fingerprint density at radius 3 is 2.44 bits per heavy atom. The van der Waals surface area contributed by atoms with Crippen molar-refractivity contribution in [2.45, 2.75) is 56.8 Å². The highest BCUT2D eigenvalue weighted by Gasteiger charge is 2.43. The van der Waals surface area contributed by atoms with E-state index in [1.165, 1.54) is 39.8 Å². The van der Waals surface area contributed by atoms with Crippen molar-refractivity contribution in [2.75, 3.05) is 25.6 Å². The van der Waals surface area contributed by atoms with Gasteiger partial charge in [0.15, 0.2) is 0 Å². The molecular formula is C32H41N6O16P3S2. The van der Waals surface area contributed by atoms with Crippen molar-refractivity contribution >= 4 is 62.3 Å². The van der Waals surface area contributed by atoms with Gasteiger partial charge < -0.3 is 45.2 Å². The summed E-state index contributed by atoms with van der Waals surface area (Å²) in [5, 5.41) is 20.8. The molecule has 3 aromatic rings. The summed E-state index contributed by atoms with van der Waals surface area (Å²) in [6.07, 6.45) is -1.72. The predicted molar refractivity (Wildman–Crippen MR) is 215 cm³/mol. The fourth-order valence-electron chi connectivity index (χ4n) is 4.90. The van der Waals surface area contributed by atoms with Crippen LogP contribution in [-0.4, -0.2) is 82.7 Å². The Bertz CT molecular complexity index is 2320. The molecule has 2 heterocycles. The number of hydrogen-bond acceptors (Lipinski definition) is 17. The molecule has 0 spiro atoms. The third-order valence-corrected chi connectivity index (χ3v) is 14.1. The topological polar surface area (TPSA) is 333 Å². The summed E-state index contributed by atoms with van der Waals surface area (Å²) in [5.41, 5.74) is 5.46. The van der Waals surface area contributed by atoms with Crippen molar-refractivity contribution in [1.29, 1.82) is 0 Å². The smallest absolute Gasteiger partial charge is 0.490 e. The molecule has 1 aliphatic heterocycles. The van der Waals surface area contributed by atoms with Gasteiger partial charge in [0.1, 0.15) is 35.3 Å². The minimum absolute atomic E-state index is 0.0548. The molecule has 27 heteroatoms. The van der Waals surface area contributed by atoms with Crippen molar-refractivity contribution in [1.82, 2.24) is 14.9 Å². The number of phosphoric ester groups is 1. The molecule has 9 N–H and O–H groups in total. The van der Waals surface area contributed by atoms with Crippen LogP contribution in [0.25, 0.3) is 0 Å². The average Bonchev–Trinajstić information content (AvgIpc) is 3.53. The van der Waals surface area contributed by atoms with E-state index >= 15 is 0 Å². The van der Waals surface area contributed by atoms with E-state index in [-0.39, 0.29) is 46.2 Å². The molecule has 322 valence electrons. The minimum atomic E-state index is -5.79. The SMILES string of the molecule is CC(C)(C)SSCOC1C[C@H](n2cc(C#CCNC(=O)c3ccc(N=Nc4cc(CCN)ccc4O)cc3)c(=O)[nH]c2=O)O[C@@H]1COP(=O)(O)OP(=O)(O)OP(=O)(O)O. The van der Waals surface area contributed by atoms with Crippen molar-refractivity contribution in [3.63, 3.8) is 0 Å². The van der Waals surface area contributed by atoms with Crippen LogP contribution < -0.4 is 22.3 Å². The monoisotopic (exact) mass is 922 g/mol. The number of aromatic amines is 1. The van der Waals surface area contributed by atoms with E-state index in [1.54, 1.807) is 24.3 Å². The van der Waals surface area contributed by atoms with Crippen LogP contribution in [-0.2, 0) is 42.7 Å². The van der Waals surface area contributed by atoms with Gasteiger partial charge in [-0.2, -0.15) is 13.7 Å². The molecule has 1 amide bonds. The van der Waals surface area contributed by atoms with Crippen LogP contribution in [0.15, 0.2) is 68.5 Å². The molecule has 0 bridgehead atoms. The number of benzene rings is 2. The Kier molecular flexibility index (Phi) is 17.1. The number of phenolic OH excluding ortho intramolecular Hbond substituents is 1. The number of H-pyrrole nitrogens is 1. The molecule has 0 radical (unpaired) electrons. The van der Waals surface area contributed by atoms with E-state index in [0.29, 0.717) is 18.7 Å². The second kappa shape index (κ2) is 20.9. The summed E-state index contributed by atoms with van der Waals surface area (Å²) in [5.74, 6) is 4.74. The zero-order valence-electron chi connectivity index (χ0n) is 31.4. The highest BCUT2D eigenvalue weighted by Crippen LogP contribution is 2.66. The van der Waals surface area contributed by atoms with E-state index in [2.05, 4.69) is 41.0 Å². The number of nitrogens with zero attached hydrogens (tertiary/aromatic N) is 3. The van der Waals surface area contributed by atoms with Gasteiger partial charge in [0, 0.05) is 22.9 Å². The van der Waals surface area contributed by atoms with Crippen LogP contribution in [0.2, 0.25) is 0 Å². The van der Waals surface area contributed by atoms with Gasteiger partial charge >= 0.3 is 29.2 Å². The third-order valence-electron chi connectivity index (χ3n) is 7.35. The molecule has 2 aromatic carbocycles. The van der Waals surface area contributed by atoms with Crippen LogP contribution in [0.1, 0.15) is 54.9 Å². The van der Waals surface area contributed by atoms with Gasteiger partial charge in [-0.05, 0) is 54.9 Å². The lowest BCUT2D eigenvalue weighted by Gasteiger charge is -2.22. The highest BCUT2D eigenvalue weighted by atomic mass is 33.1. The second-order valence-corrected chi connectivity index (χ2v) is 20.7. The standard InChI is InChI=1S/C32H41N6O16P3S2/c1-32(2,3)59-58-19-50-26-16-28(52-27(26)18-51-56(46,47)54-57(48,49)53-55(43,44)45)38-17-22(30(41)35-31(38)42)5-4-14-34-29(40)21-7-9-23(10-8-21)36-37-24-15-20(12-13-33)6-11-25(24)39/h6-11,15,17,26-28,39H,12-14,16,18-19,33H2,1-3H3,(H,34,40)(H,46,47)(H,48,49)(H,35,41,42)(H2,43,44,45)/t26?,27-,28-/m1/s1. The van der Waals surface area contributed by atoms with Crippen molar-refractivity contribution < 1.29 is 65.8 Å². The van der Waals surface area contributed by atoms with Crippen LogP contribution >= 0.6 is 45.1 Å². The third kappa shape index (κ3) is 16.2. The largest absolute Gasteiger partial charge is 0.506 e. The Morgan fingerprint density at radius 2 is 1.78 bits per heavy atom. The minimum Gasteiger partial charge on any atom is -0.506 e. The van der Waals surface area contributed by atoms with Crippen molar-refractivity contribution in [3.05, 3.63) is 86.2 Å². The van der Waals surface area contributed by atoms with Crippen LogP contribution in [0.5, 0.6) is 5.75 Å². The first-order valence-corrected chi connectivity index (χ1v) is 23.9. The van der Waals surface area contributed by atoms with Gasteiger partial charge in [0.25, 0.3) is 11.5 Å². The number of phenols is 1. The van der Waals surface area contributed by atoms with E-state index in [9.17, 15) is 43.0 Å². The Morgan fingerprint density at radius 1 is 1.07 bits per heavy atom. The molecule has 1 aromatic heterocycles. The fourth-order valence-corrected chi connectivity index (χ4v) is 9.93. The maximum Gasteiger partial charge on any atom is 0.490 e. The summed E-state index contributed by atoms with van der Waals surface area (Å²) in [7, 11) is -14.1. The number of carbonyl (C=O) groups is 1. The number of hydrogen-bond donors (Lipinski definition) is 8. The van der Waals surface area contributed by atoms with Crippen molar-refractivity contribution in [2.24, 2.45) is 16.0 Å². The van der Waals surface area contributed by atoms with E-state index in [0.717, 1.165) is 16.3 Å². The van der Waals surface area contributed by atoms with Crippen LogP contribution in [0.4, 0.5) is 11.4 Å². The lowest BCUT2D eigenvalue weighted by Crippen LogP contribution is -2.34. The number of nitrogens with two attached hydrogens (primary N) is 1. The van der Waals surface area contributed by atoms with E-state index in [1.807, 2.05) is 20.8 Å². The molecule has 59 heavy (non-hydrogen) atoms. The zero-order chi connectivity index (χ0) is 43.6. The number of aromatic nitrogens is 2. The molecule has 22 nitrogen and oxygen atoms in total. The van der Waals surface area contributed by atoms with Crippen LogP contribution in [0.3, 0.4) is 0 Å². The maximum absolute atomic E-state index is 12.9. The summed E-state index contributed by atoms with van der Waals surface area (Å²) >= 11 is 0. The van der Waals surface area contributed by atoms with Gasteiger partial charge in [0.2, 0.25) is 0 Å². The van der Waals surface area contributed by atoms with Crippen molar-refractivity contribution in [3.8, 4) is 17.6 Å². The normalized spacial score (nSPS) is 19.2. The second-order valence-electron chi connectivity index (χ2n) is 13.2. The molecular weight excluding hydrogens is 881 g/mol. The van der Waals surface area contributed by atoms with Crippen LogP contribution in [0, 0.1) is 11.8 Å². The molecule has 1 fully saturated rings. The summed E-state index contributed by atoms with van der Waals surface area (Å²) in [6.45, 7) is 5.27. The molecule has 0 saturated carbocycles. The zero-order valence-corrected chi connectivity index (χ0v) is 35.7. The molecule has 0 aliphatic carbocycles. The predicted octanol–water partition coefficient (Wildman–Crippen LogP) is 4.09. The number of rotatable bonds is 18. The lowest BCUT2D eigenvalue weighted by molar-refractivity contribution is -0.0543. The van der Waals surface area contributed by atoms with Gasteiger partial charge in [-0.3, -0.25) is 23.7 Å². The van der Waals surface area contributed by atoms with E-state index < -0.39 is 65.7 Å². The fraction of sp³-hybridized carbons (Fsp3) is 0.406. The first-order valence-electron chi connectivity index (χ1n) is 17.1. The number of ether oxygens (including phenoxy) is 2. The molecule has 4 rings (SSSR count). The summed E-state index contributed by atoms with van der Waals surface area (Å²) < 4.78 is 60.0. The maximum atomic E-state index is 12.9. The average molecular weight is 923 g/mol. The first-order chi connectivity index (χ1) is 27.5. The van der Waals surface area contributed by atoms with E-state index in [4.69, 9.17) is 29.5 Å². The quantitative estimate of drug-likeness (QED) is 0.0222. The molecule has 5 atom stereocenters. The number of carbonyl (C=O) groups excluding carboxylic acids is 1. The van der Waals surface area contributed by atoms with Gasteiger partial charge in [-0.15, -0.1) is 5.11 Å². The first kappa shape index (κ1) is 48.2. The lowest BCUT2D eigenvalue weighted by atomic mass is 10.1. The Labute approximate surface area is 344 Å². The van der Waals surface area contributed by atoms with Gasteiger partial charge in [-0.1, -0.05) is 60.3 Å². The summed E-state index contributed by atoms with van der Waals surface area (Å²) in [4.78, 5) is 77.4. The highest BCUT2D eigenvalue weighted by molar-refractivity contribution is 8.77. The van der Waals surface area contributed by atoms with Gasteiger partial charge in [0.05, 0.1) is 24.9 Å². The van der Waals surface area contributed by atoms with Gasteiger partial charge in [-0.25, -0.2) is 18.5 Å². The number of amides is 1. The summed E-state index contributed by atoms with van der Waals surface area (Å²) in [6, 6.07) is 11.0. The number of azo groups is 1. The number of aromatic hydroxyl groups is 1. The molecule has 1 aliphatic rings. The Hall–Kier alpha value is -3.46. The number of nitrogens with one attached hydrogen (secondary N) is 2. The number of phosphoric acid groups is 3.